The van der Waals surface area contributed by atoms with Gasteiger partial charge in [0.15, 0.2) is 16.8 Å². The lowest BCUT2D eigenvalue weighted by atomic mass is 10.5. The Labute approximate surface area is 80.4 Å². The first-order valence-electron chi connectivity index (χ1n) is 3.41. The lowest BCUT2D eigenvalue weighted by molar-refractivity contribution is -0.0503. The smallest absolute Gasteiger partial charge is 0.387 e. The van der Waals surface area contributed by atoms with Crippen LogP contribution in [0.1, 0.15) is 5.82 Å². The van der Waals surface area contributed by atoms with Crippen molar-refractivity contribution < 1.29 is 22.3 Å². The highest BCUT2D eigenvalue weighted by molar-refractivity contribution is 7.78. The fourth-order valence-corrected chi connectivity index (χ4v) is 1.06. The van der Waals surface area contributed by atoms with Gasteiger partial charge in [-0.3, -0.25) is 0 Å². The predicted molar refractivity (Wildman–Crippen MR) is 43.1 cm³/mol. The molecule has 0 radical (unpaired) electrons. The minimum Gasteiger partial charge on any atom is -0.432 e. The van der Waals surface area contributed by atoms with E-state index in [1.807, 2.05) is 0 Å². The zero-order valence-electron chi connectivity index (χ0n) is 6.76. The van der Waals surface area contributed by atoms with Crippen LogP contribution in [0.3, 0.4) is 0 Å². The monoisotopic (exact) mass is 224 g/mol. The summed E-state index contributed by atoms with van der Waals surface area (Å²) in [6.45, 7) is -2.93. The van der Waals surface area contributed by atoms with Crippen molar-refractivity contribution in [2.75, 3.05) is 0 Å². The van der Waals surface area contributed by atoms with Crippen molar-refractivity contribution >= 4 is 11.1 Å². The molecule has 1 unspecified atom stereocenters. The van der Waals surface area contributed by atoms with E-state index in [0.717, 1.165) is 12.4 Å². The van der Waals surface area contributed by atoms with Gasteiger partial charge in [-0.1, -0.05) is 0 Å². The molecule has 1 heterocycles. The van der Waals surface area contributed by atoms with Gasteiger partial charge in [-0.2, -0.15) is 8.78 Å². The van der Waals surface area contributed by atoms with Gasteiger partial charge in [0, 0.05) is 0 Å². The van der Waals surface area contributed by atoms with Gasteiger partial charge in [0.25, 0.3) is 0 Å². The number of hydrogen-bond acceptors (Lipinski definition) is 4. The van der Waals surface area contributed by atoms with Crippen LogP contribution >= 0.6 is 0 Å². The quantitative estimate of drug-likeness (QED) is 0.766. The zero-order valence-corrected chi connectivity index (χ0v) is 7.58. The van der Waals surface area contributed by atoms with Gasteiger partial charge in [0.2, 0.25) is 0 Å². The summed E-state index contributed by atoms with van der Waals surface area (Å²) in [7, 11) is 0. The van der Waals surface area contributed by atoms with E-state index in [1.54, 1.807) is 0 Å². The third-order valence-corrected chi connectivity index (χ3v) is 1.66. The first-order valence-corrected chi connectivity index (χ1v) is 4.68. The average Bonchev–Trinajstić information content (AvgIpc) is 2.06. The molecule has 8 heteroatoms. The summed E-state index contributed by atoms with van der Waals surface area (Å²) >= 11 is -2.05. The molecular weight excluding hydrogens is 218 g/mol. The summed E-state index contributed by atoms with van der Waals surface area (Å²) < 4.78 is 46.1. The molecule has 1 aromatic rings. The number of nitrogens with zero attached hydrogens (tertiary/aromatic N) is 2. The van der Waals surface area contributed by atoms with Crippen LogP contribution in [0.5, 0.6) is 5.75 Å². The SMILES string of the molecule is O=S(O)Cc1ncc(OC(F)F)cn1. The van der Waals surface area contributed by atoms with Gasteiger partial charge < -0.3 is 9.29 Å². The van der Waals surface area contributed by atoms with Gasteiger partial charge in [-0.05, 0) is 0 Å². The molecule has 0 aliphatic heterocycles. The summed E-state index contributed by atoms with van der Waals surface area (Å²) in [5.41, 5.74) is 0. The molecule has 0 aliphatic carbocycles. The molecule has 0 aromatic carbocycles. The maximum absolute atomic E-state index is 11.7. The standard InChI is InChI=1S/C6H6F2N2O3S/c7-6(8)13-4-1-9-5(10-2-4)3-14(11)12/h1-2,6H,3H2,(H,11,12). The minimum atomic E-state index is -2.93. The first kappa shape index (κ1) is 10.9. The molecule has 0 bridgehead atoms. The van der Waals surface area contributed by atoms with Crippen molar-refractivity contribution in [1.82, 2.24) is 9.97 Å². The van der Waals surface area contributed by atoms with Gasteiger partial charge in [-0.15, -0.1) is 0 Å². The third kappa shape index (κ3) is 3.71. The number of ether oxygens (including phenoxy) is 1. The molecular formula is C6H6F2N2O3S. The number of rotatable bonds is 4. The summed E-state index contributed by atoms with van der Waals surface area (Å²) in [4.78, 5) is 7.10. The molecule has 0 spiro atoms. The Kier molecular flexibility index (Phi) is 3.84. The molecule has 1 N–H and O–H groups in total. The van der Waals surface area contributed by atoms with Crippen LogP contribution in [0.15, 0.2) is 12.4 Å². The molecule has 1 aromatic heterocycles. The second-order valence-electron chi connectivity index (χ2n) is 2.18. The highest BCUT2D eigenvalue weighted by Crippen LogP contribution is 2.10. The summed E-state index contributed by atoms with van der Waals surface area (Å²) in [5.74, 6) is -0.338. The Bertz CT molecular complexity index is 319. The van der Waals surface area contributed by atoms with Crippen LogP contribution < -0.4 is 4.74 Å². The maximum atomic E-state index is 11.7. The van der Waals surface area contributed by atoms with Crippen LogP contribution in [-0.2, 0) is 16.8 Å². The molecule has 0 saturated heterocycles. The molecule has 0 saturated carbocycles. The van der Waals surface area contributed by atoms with Crippen LogP contribution in [0.25, 0.3) is 0 Å². The van der Waals surface area contributed by atoms with E-state index in [4.69, 9.17) is 4.55 Å². The summed E-state index contributed by atoms with van der Waals surface area (Å²) in [6.07, 6.45) is 2.03. The van der Waals surface area contributed by atoms with Gasteiger partial charge in [-0.25, -0.2) is 14.2 Å². The van der Waals surface area contributed by atoms with Crippen molar-refractivity contribution in [3.63, 3.8) is 0 Å². The van der Waals surface area contributed by atoms with Gasteiger partial charge in [0.05, 0.1) is 12.4 Å². The van der Waals surface area contributed by atoms with E-state index in [0.29, 0.717) is 0 Å². The van der Waals surface area contributed by atoms with E-state index < -0.39 is 17.7 Å². The average molecular weight is 224 g/mol. The van der Waals surface area contributed by atoms with Crippen molar-refractivity contribution in [3.05, 3.63) is 18.2 Å². The summed E-state index contributed by atoms with van der Waals surface area (Å²) in [6, 6.07) is 0. The zero-order chi connectivity index (χ0) is 10.6. The largest absolute Gasteiger partial charge is 0.432 e. The van der Waals surface area contributed by atoms with Crippen molar-refractivity contribution in [2.45, 2.75) is 12.4 Å². The normalized spacial score (nSPS) is 12.9. The van der Waals surface area contributed by atoms with Crippen molar-refractivity contribution in [2.24, 2.45) is 0 Å². The lowest BCUT2D eigenvalue weighted by Crippen LogP contribution is -2.04. The molecule has 14 heavy (non-hydrogen) atoms. The van der Waals surface area contributed by atoms with E-state index in [-0.39, 0.29) is 17.3 Å². The predicted octanol–water partition coefficient (Wildman–Crippen LogP) is 0.800. The first-order chi connectivity index (χ1) is 6.58. The van der Waals surface area contributed by atoms with Crippen molar-refractivity contribution in [1.29, 1.82) is 0 Å². The van der Waals surface area contributed by atoms with E-state index in [1.165, 1.54) is 0 Å². The van der Waals surface area contributed by atoms with Crippen molar-refractivity contribution in [3.8, 4) is 5.75 Å². The fourth-order valence-electron chi connectivity index (χ4n) is 0.692. The molecule has 0 fully saturated rings. The Hall–Kier alpha value is -1.15. The Balaban J connectivity index is 2.63. The Morgan fingerprint density at radius 3 is 2.50 bits per heavy atom. The minimum absolute atomic E-state index is 0.0902. The molecule has 1 atom stereocenters. The Morgan fingerprint density at radius 2 is 2.07 bits per heavy atom. The third-order valence-electron chi connectivity index (χ3n) is 1.16. The van der Waals surface area contributed by atoms with Crippen LogP contribution in [0.2, 0.25) is 0 Å². The molecule has 1 rings (SSSR count). The topological polar surface area (TPSA) is 72.3 Å². The van der Waals surface area contributed by atoms with E-state index >= 15 is 0 Å². The highest BCUT2D eigenvalue weighted by atomic mass is 32.2. The molecule has 0 amide bonds. The van der Waals surface area contributed by atoms with Gasteiger partial charge in [0.1, 0.15) is 11.6 Å². The van der Waals surface area contributed by atoms with Crippen LogP contribution in [0, 0.1) is 0 Å². The van der Waals surface area contributed by atoms with Crippen LogP contribution in [0.4, 0.5) is 8.78 Å². The summed E-state index contributed by atoms with van der Waals surface area (Å²) in [5, 5.41) is 0. The Morgan fingerprint density at radius 1 is 1.50 bits per heavy atom. The van der Waals surface area contributed by atoms with Crippen LogP contribution in [-0.4, -0.2) is 25.3 Å². The maximum Gasteiger partial charge on any atom is 0.387 e. The number of aromatic nitrogens is 2. The van der Waals surface area contributed by atoms with E-state index in [2.05, 4.69) is 14.7 Å². The number of alkyl halides is 2. The number of hydrogen-bond donors (Lipinski definition) is 1. The fraction of sp³-hybridized carbons (Fsp3) is 0.333. The van der Waals surface area contributed by atoms with Gasteiger partial charge >= 0.3 is 6.61 Å². The van der Waals surface area contributed by atoms with E-state index in [9.17, 15) is 13.0 Å². The highest BCUT2D eigenvalue weighted by Gasteiger charge is 2.06. The second-order valence-corrected chi connectivity index (χ2v) is 3.11. The number of halogens is 2. The lowest BCUT2D eigenvalue weighted by Gasteiger charge is -2.02. The molecule has 0 aliphatic rings. The second kappa shape index (κ2) is 4.91. The molecule has 78 valence electrons. The molecule has 5 nitrogen and oxygen atoms in total.